The topological polar surface area (TPSA) is 91.8 Å². The van der Waals surface area contributed by atoms with Crippen LogP contribution in [0.5, 0.6) is 0 Å². The Kier molecular flexibility index (Phi) is 9.86. The number of likely N-dealkylation sites (tertiary alicyclic amines) is 1. The summed E-state index contributed by atoms with van der Waals surface area (Å²) in [6.45, 7) is 6.17. The van der Waals surface area contributed by atoms with Crippen LogP contribution in [-0.4, -0.2) is 53.0 Å². The van der Waals surface area contributed by atoms with E-state index in [0.29, 0.717) is 29.4 Å². The molecule has 0 spiro atoms. The third kappa shape index (κ3) is 5.86. The molecule has 0 unspecified atom stereocenters. The Bertz CT molecular complexity index is 1490. The number of aliphatic hydroxyl groups excluding tert-OH is 1. The highest BCUT2D eigenvalue weighted by Crippen LogP contribution is 2.37. The Morgan fingerprint density at radius 3 is 2.63 bits per heavy atom. The second kappa shape index (κ2) is 12.5. The van der Waals surface area contributed by atoms with Gasteiger partial charge in [0, 0.05) is 47.8 Å². The van der Waals surface area contributed by atoms with Crippen molar-refractivity contribution in [1.82, 2.24) is 9.88 Å². The molecule has 1 aliphatic heterocycles. The molecule has 10 heteroatoms. The van der Waals surface area contributed by atoms with E-state index in [1.807, 2.05) is 43.3 Å². The lowest BCUT2D eigenvalue weighted by atomic mass is 10.0. The van der Waals surface area contributed by atoms with Crippen LogP contribution in [0.15, 0.2) is 42.5 Å². The number of aryl methyl sites for hydroxylation is 1. The largest absolute Gasteiger partial charge is 0.392 e. The maximum Gasteiger partial charge on any atom is 0.267 e. The zero-order valence-corrected chi connectivity index (χ0v) is 23.9. The summed E-state index contributed by atoms with van der Waals surface area (Å²) in [6, 6.07) is 13.5. The Morgan fingerprint density at radius 2 is 1.95 bits per heavy atom. The van der Waals surface area contributed by atoms with Gasteiger partial charge in [-0.15, -0.1) is 36.2 Å². The lowest BCUT2D eigenvalue weighted by Crippen LogP contribution is -2.21. The summed E-state index contributed by atoms with van der Waals surface area (Å²) in [5.41, 5.74) is 4.35. The van der Waals surface area contributed by atoms with E-state index in [9.17, 15) is 14.7 Å². The van der Waals surface area contributed by atoms with E-state index in [4.69, 9.17) is 9.72 Å². The quantitative estimate of drug-likeness (QED) is 0.272. The number of thiophene rings is 1. The molecule has 7 nitrogen and oxygen atoms in total. The number of ether oxygens (including phenoxy) is 1. The van der Waals surface area contributed by atoms with Crippen LogP contribution in [0.3, 0.4) is 0 Å². The minimum atomic E-state index is -0.255. The normalized spacial score (nSPS) is 15.3. The Morgan fingerprint density at radius 1 is 1.16 bits per heavy atom. The summed E-state index contributed by atoms with van der Waals surface area (Å²) in [5, 5.41) is 14.7. The molecule has 0 bridgehead atoms. The molecule has 2 N–H and O–H groups in total. The number of nitrogens with one attached hydrogen (secondary N) is 1. The molecule has 5 rings (SSSR count). The Labute approximate surface area is 238 Å². The number of pyridine rings is 1. The van der Waals surface area contributed by atoms with E-state index in [1.165, 1.54) is 11.3 Å². The van der Waals surface area contributed by atoms with Crippen molar-refractivity contribution < 1.29 is 19.4 Å². The zero-order valence-electron chi connectivity index (χ0n) is 21.4. The molecule has 4 aromatic rings. The number of hydrogen-bond donors (Lipinski definition) is 2. The number of aromatic nitrogens is 1. The number of halogens is 2. The van der Waals surface area contributed by atoms with Gasteiger partial charge in [-0.1, -0.05) is 18.2 Å². The standard InChI is InChI=1S/C28H29N3O4S.2ClH/c1-16-25-19(15-35-3)7-8-21(17(2)32)27(25)36-26(16)28(34)30-24-10-9-22-18(5-4-6-23(22)29-24)13-31-12-11-20(33)14-31;;/h4-10,20,33H,11-15H2,1-3H3,(H,29,30,34);2*1H/t20-;;/m0../s1. The minimum Gasteiger partial charge on any atom is -0.392 e. The van der Waals surface area contributed by atoms with E-state index in [1.54, 1.807) is 14.0 Å². The van der Waals surface area contributed by atoms with E-state index in [0.717, 1.165) is 57.2 Å². The van der Waals surface area contributed by atoms with Gasteiger partial charge in [-0.2, -0.15) is 0 Å². The molecule has 202 valence electrons. The number of aliphatic hydroxyl groups is 1. The number of β-amino-alcohol motifs (C(OH)–C–C–N with tert-alkyl or cyclic N) is 1. The molecular formula is C28H31Cl2N3O4S. The molecule has 2 aromatic carbocycles. The first-order valence-corrected chi connectivity index (χ1v) is 12.8. The smallest absolute Gasteiger partial charge is 0.267 e. The summed E-state index contributed by atoms with van der Waals surface area (Å²) in [5.74, 6) is 0.190. The molecule has 3 heterocycles. The lowest BCUT2D eigenvalue weighted by molar-refractivity contribution is 0.101. The highest BCUT2D eigenvalue weighted by atomic mass is 35.5. The second-order valence-corrected chi connectivity index (χ2v) is 10.4. The molecule has 38 heavy (non-hydrogen) atoms. The molecule has 1 atom stereocenters. The fourth-order valence-electron chi connectivity index (χ4n) is 5.00. The average Bonchev–Trinajstić information content (AvgIpc) is 3.42. The van der Waals surface area contributed by atoms with Crippen LogP contribution in [0.25, 0.3) is 21.0 Å². The minimum absolute atomic E-state index is 0. The van der Waals surface area contributed by atoms with Crippen LogP contribution in [0.2, 0.25) is 0 Å². The SMILES string of the molecule is COCc1ccc(C(C)=O)c2sc(C(=O)Nc3ccc4c(CN5CC[C@H](O)C5)cccc4n3)c(C)c12.Cl.Cl. The van der Waals surface area contributed by atoms with Crippen LogP contribution >= 0.6 is 36.2 Å². The van der Waals surface area contributed by atoms with Crippen LogP contribution < -0.4 is 5.32 Å². The number of anilines is 1. The molecule has 0 aliphatic carbocycles. The van der Waals surface area contributed by atoms with Gasteiger partial charge in [0.05, 0.1) is 23.1 Å². The van der Waals surface area contributed by atoms with Crippen LogP contribution in [0.1, 0.15) is 50.1 Å². The number of fused-ring (bicyclic) bond motifs is 2. The predicted molar refractivity (Wildman–Crippen MR) is 157 cm³/mol. The molecule has 1 saturated heterocycles. The van der Waals surface area contributed by atoms with Crippen molar-refractivity contribution in [1.29, 1.82) is 0 Å². The van der Waals surface area contributed by atoms with Gasteiger partial charge in [0.2, 0.25) is 0 Å². The Balaban J connectivity index is 0.00000200. The second-order valence-electron chi connectivity index (χ2n) is 9.33. The summed E-state index contributed by atoms with van der Waals surface area (Å²) in [6.07, 6.45) is 0.548. The van der Waals surface area contributed by atoms with Crippen molar-refractivity contribution in [2.45, 2.75) is 39.5 Å². The fraction of sp³-hybridized carbons (Fsp3) is 0.321. The monoisotopic (exact) mass is 575 g/mol. The van der Waals surface area contributed by atoms with Gasteiger partial charge >= 0.3 is 0 Å². The number of Topliss-reactive ketones (excluding diaryl/α,β-unsaturated/α-hetero) is 1. The number of hydrogen-bond acceptors (Lipinski definition) is 7. The van der Waals surface area contributed by atoms with E-state index >= 15 is 0 Å². The van der Waals surface area contributed by atoms with Gasteiger partial charge in [-0.25, -0.2) is 4.98 Å². The van der Waals surface area contributed by atoms with Crippen LogP contribution in [0.4, 0.5) is 5.82 Å². The highest BCUT2D eigenvalue weighted by Gasteiger charge is 2.23. The number of ketones is 1. The van der Waals surface area contributed by atoms with Crippen molar-refractivity contribution >= 4 is 74.6 Å². The number of carbonyl (C=O) groups excluding carboxylic acids is 2. The van der Waals surface area contributed by atoms with Crippen LogP contribution in [-0.2, 0) is 17.9 Å². The lowest BCUT2D eigenvalue weighted by Gasteiger charge is -2.16. The maximum absolute atomic E-state index is 13.3. The first-order chi connectivity index (χ1) is 17.4. The van der Waals surface area contributed by atoms with E-state index < -0.39 is 0 Å². The van der Waals surface area contributed by atoms with Gasteiger partial charge in [0.15, 0.2) is 5.78 Å². The van der Waals surface area contributed by atoms with Crippen molar-refractivity contribution in [3.05, 3.63) is 69.6 Å². The molecule has 1 fully saturated rings. The molecule has 0 saturated carbocycles. The molecule has 1 amide bonds. The molecule has 1 aliphatic rings. The number of methoxy groups -OCH3 is 1. The average molecular weight is 577 g/mol. The molecule has 0 radical (unpaired) electrons. The van der Waals surface area contributed by atoms with Gasteiger partial charge in [0.1, 0.15) is 5.82 Å². The fourth-order valence-corrected chi connectivity index (χ4v) is 6.31. The number of benzene rings is 2. The van der Waals surface area contributed by atoms with Crippen molar-refractivity contribution in [3.8, 4) is 0 Å². The summed E-state index contributed by atoms with van der Waals surface area (Å²) < 4.78 is 6.16. The summed E-state index contributed by atoms with van der Waals surface area (Å²) >= 11 is 1.33. The van der Waals surface area contributed by atoms with Gasteiger partial charge in [0.25, 0.3) is 5.91 Å². The number of nitrogens with zero attached hydrogens (tertiary/aromatic N) is 2. The van der Waals surface area contributed by atoms with Crippen LogP contribution in [0, 0.1) is 6.92 Å². The van der Waals surface area contributed by atoms with E-state index in [-0.39, 0.29) is 42.6 Å². The third-order valence-corrected chi connectivity index (χ3v) is 8.08. The summed E-state index contributed by atoms with van der Waals surface area (Å²) in [7, 11) is 1.63. The molecule has 2 aromatic heterocycles. The van der Waals surface area contributed by atoms with Crippen molar-refractivity contribution in [3.63, 3.8) is 0 Å². The molecular weight excluding hydrogens is 545 g/mol. The zero-order chi connectivity index (χ0) is 25.4. The summed E-state index contributed by atoms with van der Waals surface area (Å²) in [4.78, 5) is 33.1. The third-order valence-electron chi connectivity index (χ3n) is 6.75. The van der Waals surface area contributed by atoms with E-state index in [2.05, 4.69) is 16.3 Å². The maximum atomic E-state index is 13.3. The predicted octanol–water partition coefficient (Wildman–Crippen LogP) is 5.77. The van der Waals surface area contributed by atoms with Gasteiger partial charge in [-0.05, 0) is 61.2 Å². The van der Waals surface area contributed by atoms with Crippen molar-refractivity contribution in [2.24, 2.45) is 0 Å². The van der Waals surface area contributed by atoms with Gasteiger partial charge in [-0.3, -0.25) is 14.5 Å². The number of amides is 1. The van der Waals surface area contributed by atoms with Crippen molar-refractivity contribution in [2.75, 3.05) is 25.5 Å². The highest BCUT2D eigenvalue weighted by molar-refractivity contribution is 7.21. The van der Waals surface area contributed by atoms with Gasteiger partial charge < -0.3 is 15.2 Å². The first-order valence-electron chi connectivity index (χ1n) is 12.0. The number of carbonyl (C=O) groups is 2. The first kappa shape index (κ1) is 30.0. The Hall–Kier alpha value is -2.59. The number of rotatable bonds is 7.